The molecule has 2 aromatic rings. The summed E-state index contributed by atoms with van der Waals surface area (Å²) in [5.41, 5.74) is 0.645. The molecule has 0 bridgehead atoms. The van der Waals surface area contributed by atoms with Gasteiger partial charge in [-0.25, -0.2) is 4.39 Å². The summed E-state index contributed by atoms with van der Waals surface area (Å²) in [6, 6.07) is 5.57. The first kappa shape index (κ1) is 19.9. The lowest BCUT2D eigenvalue weighted by molar-refractivity contribution is -0.0712. The standard InChI is InChI=1S/C21H22ClFN2O4/c22-17-11-14(1-2-18(17)23)19(26)24-12-16-3-5-21(29-16)6-8-25(9-7-21)20(27)15-4-10-28-13-15/h1-2,4,10-11,13,16H,3,5-9,12H2,(H,24,26). The van der Waals surface area contributed by atoms with E-state index in [1.165, 1.54) is 30.7 Å². The fraction of sp³-hybridized carbons (Fsp3) is 0.429. The highest BCUT2D eigenvalue weighted by Crippen LogP contribution is 2.39. The summed E-state index contributed by atoms with van der Waals surface area (Å²) in [5.74, 6) is -0.882. The van der Waals surface area contributed by atoms with Gasteiger partial charge in [0.2, 0.25) is 0 Å². The van der Waals surface area contributed by atoms with Crippen molar-refractivity contribution in [2.75, 3.05) is 19.6 Å². The molecule has 0 aliphatic carbocycles. The quantitative estimate of drug-likeness (QED) is 0.819. The Labute approximate surface area is 173 Å². The number of ether oxygens (including phenoxy) is 1. The summed E-state index contributed by atoms with van der Waals surface area (Å²) in [6.45, 7) is 1.65. The SMILES string of the molecule is O=C(NCC1CCC2(CCN(C(=O)c3ccoc3)CC2)O1)c1ccc(F)c(Cl)c1. The van der Waals surface area contributed by atoms with E-state index in [4.69, 9.17) is 20.8 Å². The van der Waals surface area contributed by atoms with Crippen molar-refractivity contribution in [3.05, 3.63) is 58.8 Å². The van der Waals surface area contributed by atoms with Crippen LogP contribution >= 0.6 is 11.6 Å². The molecule has 4 rings (SSSR count). The number of piperidine rings is 1. The highest BCUT2D eigenvalue weighted by atomic mass is 35.5. The van der Waals surface area contributed by atoms with E-state index >= 15 is 0 Å². The lowest BCUT2D eigenvalue weighted by Gasteiger charge is -2.39. The average molecular weight is 421 g/mol. The molecule has 29 heavy (non-hydrogen) atoms. The molecule has 2 aliphatic rings. The fourth-order valence-electron chi connectivity index (χ4n) is 4.04. The Hall–Kier alpha value is -2.38. The summed E-state index contributed by atoms with van der Waals surface area (Å²) >= 11 is 5.74. The van der Waals surface area contributed by atoms with Crippen molar-refractivity contribution in [1.29, 1.82) is 0 Å². The molecule has 1 spiro atoms. The van der Waals surface area contributed by atoms with Crippen LogP contribution in [-0.2, 0) is 4.74 Å². The zero-order valence-corrected chi connectivity index (χ0v) is 16.6. The van der Waals surface area contributed by atoms with Crippen LogP contribution in [0.5, 0.6) is 0 Å². The summed E-state index contributed by atoms with van der Waals surface area (Å²) in [7, 11) is 0. The largest absolute Gasteiger partial charge is 0.472 e. The number of likely N-dealkylation sites (tertiary alicyclic amines) is 1. The van der Waals surface area contributed by atoms with E-state index in [1.807, 2.05) is 4.90 Å². The molecule has 0 radical (unpaired) electrons. The van der Waals surface area contributed by atoms with Crippen molar-refractivity contribution in [1.82, 2.24) is 10.2 Å². The van der Waals surface area contributed by atoms with Crippen LogP contribution in [0.25, 0.3) is 0 Å². The first-order valence-corrected chi connectivity index (χ1v) is 10.1. The van der Waals surface area contributed by atoms with Gasteiger partial charge in [-0.15, -0.1) is 0 Å². The molecule has 2 aliphatic heterocycles. The molecule has 2 amide bonds. The van der Waals surface area contributed by atoms with Crippen LogP contribution < -0.4 is 5.32 Å². The summed E-state index contributed by atoms with van der Waals surface area (Å²) in [4.78, 5) is 26.5. The highest BCUT2D eigenvalue weighted by Gasteiger charge is 2.43. The minimum absolute atomic E-state index is 0.0200. The molecule has 8 heteroatoms. The lowest BCUT2D eigenvalue weighted by Crippen LogP contribution is -2.47. The van der Waals surface area contributed by atoms with Gasteiger partial charge in [0.1, 0.15) is 12.1 Å². The predicted molar refractivity (Wildman–Crippen MR) is 104 cm³/mol. The number of nitrogens with zero attached hydrogens (tertiary/aromatic N) is 1. The van der Waals surface area contributed by atoms with E-state index in [0.717, 1.165) is 25.7 Å². The smallest absolute Gasteiger partial charge is 0.257 e. The van der Waals surface area contributed by atoms with Crippen LogP contribution in [0.15, 0.2) is 41.2 Å². The van der Waals surface area contributed by atoms with Gasteiger partial charge in [0.05, 0.1) is 28.6 Å². The second kappa shape index (κ2) is 8.16. The van der Waals surface area contributed by atoms with E-state index in [9.17, 15) is 14.0 Å². The Morgan fingerprint density at radius 1 is 1.21 bits per heavy atom. The number of hydrogen-bond donors (Lipinski definition) is 1. The molecular weight excluding hydrogens is 399 g/mol. The maximum atomic E-state index is 13.2. The van der Waals surface area contributed by atoms with E-state index in [-0.39, 0.29) is 28.5 Å². The summed E-state index contributed by atoms with van der Waals surface area (Å²) in [6.07, 6.45) is 6.18. The number of hydrogen-bond acceptors (Lipinski definition) is 4. The first-order chi connectivity index (χ1) is 14.0. The number of furan rings is 1. The van der Waals surface area contributed by atoms with Gasteiger partial charge in [-0.2, -0.15) is 0 Å². The number of carbonyl (C=O) groups excluding carboxylic acids is 2. The fourth-order valence-corrected chi connectivity index (χ4v) is 4.22. The molecule has 1 aromatic heterocycles. The van der Waals surface area contributed by atoms with Crippen LogP contribution in [-0.4, -0.2) is 48.1 Å². The van der Waals surface area contributed by atoms with Crippen molar-refractivity contribution in [2.24, 2.45) is 0 Å². The second-order valence-electron chi connectivity index (χ2n) is 7.60. The van der Waals surface area contributed by atoms with Gasteiger partial charge >= 0.3 is 0 Å². The van der Waals surface area contributed by atoms with Crippen molar-refractivity contribution < 1.29 is 23.1 Å². The van der Waals surface area contributed by atoms with Gasteiger partial charge < -0.3 is 19.4 Å². The zero-order chi connectivity index (χ0) is 20.4. The van der Waals surface area contributed by atoms with Crippen LogP contribution in [0.3, 0.4) is 0 Å². The molecule has 2 saturated heterocycles. The number of nitrogens with one attached hydrogen (secondary N) is 1. The normalized spacial score (nSPS) is 20.8. The maximum Gasteiger partial charge on any atom is 0.257 e. The first-order valence-electron chi connectivity index (χ1n) is 9.68. The van der Waals surface area contributed by atoms with Crippen LogP contribution in [0.2, 0.25) is 5.02 Å². The number of carbonyl (C=O) groups is 2. The van der Waals surface area contributed by atoms with Crippen molar-refractivity contribution in [3.8, 4) is 0 Å². The third kappa shape index (κ3) is 4.31. The van der Waals surface area contributed by atoms with Crippen LogP contribution in [0.1, 0.15) is 46.4 Å². The van der Waals surface area contributed by atoms with Crippen molar-refractivity contribution in [2.45, 2.75) is 37.4 Å². The molecule has 1 atom stereocenters. The van der Waals surface area contributed by atoms with Gasteiger partial charge in [0.15, 0.2) is 0 Å². The number of rotatable bonds is 4. The lowest BCUT2D eigenvalue weighted by atomic mass is 9.88. The Morgan fingerprint density at radius 3 is 2.69 bits per heavy atom. The Kier molecular flexibility index (Phi) is 5.61. The Balaban J connectivity index is 1.26. The number of halogens is 2. The Morgan fingerprint density at radius 2 is 2.00 bits per heavy atom. The van der Waals surface area contributed by atoms with Gasteiger partial charge in [-0.3, -0.25) is 9.59 Å². The van der Waals surface area contributed by atoms with Gasteiger partial charge in [0.25, 0.3) is 11.8 Å². The van der Waals surface area contributed by atoms with E-state index < -0.39 is 5.82 Å². The molecule has 2 fully saturated rings. The monoisotopic (exact) mass is 420 g/mol. The predicted octanol–water partition coefficient (Wildman–Crippen LogP) is 3.66. The minimum Gasteiger partial charge on any atom is -0.472 e. The molecule has 1 unspecified atom stereocenters. The third-order valence-electron chi connectivity index (χ3n) is 5.74. The molecule has 154 valence electrons. The van der Waals surface area contributed by atoms with Crippen LogP contribution in [0, 0.1) is 5.82 Å². The number of benzene rings is 1. The average Bonchev–Trinajstić information content (AvgIpc) is 3.39. The Bertz CT molecular complexity index is 894. The highest BCUT2D eigenvalue weighted by molar-refractivity contribution is 6.31. The molecular formula is C21H22ClFN2O4. The second-order valence-corrected chi connectivity index (χ2v) is 8.01. The van der Waals surface area contributed by atoms with Gasteiger partial charge in [-0.1, -0.05) is 11.6 Å². The molecule has 6 nitrogen and oxygen atoms in total. The van der Waals surface area contributed by atoms with Crippen molar-refractivity contribution in [3.63, 3.8) is 0 Å². The topological polar surface area (TPSA) is 71.8 Å². The van der Waals surface area contributed by atoms with Gasteiger partial charge in [0, 0.05) is 25.2 Å². The summed E-state index contributed by atoms with van der Waals surface area (Å²) in [5, 5.41) is 2.76. The maximum absolute atomic E-state index is 13.2. The molecule has 1 aromatic carbocycles. The minimum atomic E-state index is -0.554. The van der Waals surface area contributed by atoms with Crippen molar-refractivity contribution >= 4 is 23.4 Å². The van der Waals surface area contributed by atoms with E-state index in [2.05, 4.69) is 5.32 Å². The molecule has 3 heterocycles. The number of amides is 2. The van der Waals surface area contributed by atoms with E-state index in [0.29, 0.717) is 30.8 Å². The molecule has 0 saturated carbocycles. The third-order valence-corrected chi connectivity index (χ3v) is 6.03. The van der Waals surface area contributed by atoms with E-state index in [1.54, 1.807) is 6.07 Å². The zero-order valence-electron chi connectivity index (χ0n) is 15.8. The summed E-state index contributed by atoms with van der Waals surface area (Å²) < 4.78 is 24.5. The van der Waals surface area contributed by atoms with Gasteiger partial charge in [-0.05, 0) is 49.9 Å². The van der Waals surface area contributed by atoms with Crippen LogP contribution in [0.4, 0.5) is 4.39 Å². The molecule has 1 N–H and O–H groups in total.